The Morgan fingerprint density at radius 1 is 0.662 bits per heavy atom. The van der Waals surface area contributed by atoms with Crippen LogP contribution in [0, 0.1) is 25.9 Å². The number of pyridine rings is 2. The van der Waals surface area contributed by atoms with E-state index in [0.29, 0.717) is 5.56 Å². The molecule has 11 aromatic rings. The predicted octanol–water partition coefficient (Wildman–Crippen LogP) is 17.4. The van der Waals surface area contributed by atoms with E-state index in [4.69, 9.17) is 23.5 Å². The summed E-state index contributed by atoms with van der Waals surface area (Å²) in [5, 5.41) is 2.14. The van der Waals surface area contributed by atoms with E-state index in [1.165, 1.54) is 37.8 Å². The standard InChI is InChI=1S/C43H36N3O.C24H28GeN.Ir/c1-26(2)35-23-31(29-15-8-6-9-16-29)24-36(27(3)4)41(35)46-40-28(5)44-37(30-17-10-7-11-18-30)25-38(40)45-43(46)34-21-14-20-33-32-19-12-13-22-39(32)47-42(33)34;1-18-12-14-19(15-13-18)23-16-21(22(17-26-23)25(4,5)6)24(2,3)20-10-8-7-9-11-20;/h6-20,22-27H,1-5H3;7-14,16-17H,1-6H3;/q2*-1;/i;1D3;. The normalized spacial score (nSPS) is 12.6. The number of para-hydroxylation sites is 1. The molecule has 0 atom stereocenters. The summed E-state index contributed by atoms with van der Waals surface area (Å²) < 4.78 is 33.0. The molecule has 74 heavy (non-hydrogen) atoms. The third-order valence-corrected chi connectivity index (χ3v) is 18.4. The summed E-state index contributed by atoms with van der Waals surface area (Å²) in [5.41, 5.74) is 17.7. The van der Waals surface area contributed by atoms with Gasteiger partial charge in [-0.05, 0) is 65.3 Å². The van der Waals surface area contributed by atoms with Crippen LogP contribution >= 0.6 is 0 Å². The molecule has 0 amide bonds. The number of benzene rings is 7. The predicted molar refractivity (Wildman–Crippen MR) is 309 cm³/mol. The van der Waals surface area contributed by atoms with Crippen LogP contribution in [0.2, 0.25) is 17.3 Å². The zero-order chi connectivity index (χ0) is 53.7. The number of rotatable bonds is 10. The molecule has 0 spiro atoms. The summed E-state index contributed by atoms with van der Waals surface area (Å²) in [5.74, 6) is 8.46. The SMILES string of the molecule is Cc1nc(-c2ccccc2)cc2nc(-c3[c-]ccc4c3oc3ccccc34)n(-c3c(C(C)C)cc(-c4ccccc4)cc3C(C)C)c12.[2H]C([2H])([2H])c1c[c-]c(-c2cc(C(C)(C)c3ccccc3)[c]([Ge]([CH3])([CH3])[CH3])cn2)cc1.[Ir]. The number of aromatic nitrogens is 4. The van der Waals surface area contributed by atoms with Gasteiger partial charge in [-0.1, -0.05) is 118 Å². The van der Waals surface area contributed by atoms with Crippen molar-refractivity contribution in [2.24, 2.45) is 0 Å². The molecule has 0 aliphatic carbocycles. The van der Waals surface area contributed by atoms with Gasteiger partial charge in [0.05, 0.1) is 33.8 Å². The molecule has 0 bridgehead atoms. The second-order valence-corrected chi connectivity index (χ2v) is 31.9. The maximum atomic E-state index is 7.56. The van der Waals surface area contributed by atoms with Crippen molar-refractivity contribution in [2.45, 2.75) is 89.8 Å². The number of nitrogens with zero attached hydrogens (tertiary/aromatic N) is 4. The molecule has 0 unspecified atom stereocenters. The first kappa shape index (κ1) is 48.3. The Balaban J connectivity index is 0.000000208. The molecule has 11 rings (SSSR count). The first-order chi connectivity index (χ1) is 36.3. The third-order valence-electron chi connectivity index (χ3n) is 14.2. The van der Waals surface area contributed by atoms with Gasteiger partial charge in [0, 0.05) is 36.7 Å². The molecule has 0 aliphatic heterocycles. The van der Waals surface area contributed by atoms with Crippen LogP contribution in [0.5, 0.6) is 0 Å². The molecular formula is C67H64GeIrN4O-2. The molecule has 5 nitrogen and oxygen atoms in total. The van der Waals surface area contributed by atoms with Crippen molar-refractivity contribution in [1.29, 1.82) is 0 Å². The van der Waals surface area contributed by atoms with Crippen molar-refractivity contribution < 1.29 is 28.6 Å². The monoisotopic (exact) mass is 1210 g/mol. The van der Waals surface area contributed by atoms with E-state index >= 15 is 0 Å². The average molecular weight is 1210 g/mol. The molecule has 7 heteroatoms. The van der Waals surface area contributed by atoms with E-state index in [-0.39, 0.29) is 37.4 Å². The van der Waals surface area contributed by atoms with Crippen molar-refractivity contribution in [2.75, 3.05) is 0 Å². The van der Waals surface area contributed by atoms with Crippen molar-refractivity contribution in [1.82, 2.24) is 19.5 Å². The first-order valence-corrected chi connectivity index (χ1v) is 32.7. The minimum absolute atomic E-state index is 0. The number of hydrogen-bond acceptors (Lipinski definition) is 4. The van der Waals surface area contributed by atoms with Crippen molar-refractivity contribution in [3.8, 4) is 50.7 Å². The van der Waals surface area contributed by atoms with E-state index in [1.54, 1.807) is 12.1 Å². The summed E-state index contributed by atoms with van der Waals surface area (Å²) in [6.07, 6.45) is 2.04. The largest absolute Gasteiger partial charge is 0 e. The Morgan fingerprint density at radius 2 is 1.30 bits per heavy atom. The van der Waals surface area contributed by atoms with E-state index in [9.17, 15) is 0 Å². The second kappa shape index (κ2) is 21.3. The minimum Gasteiger partial charge on any atom is 0 e. The Morgan fingerprint density at radius 3 is 1.92 bits per heavy atom. The zero-order valence-corrected chi connectivity index (χ0v) is 48.4. The molecule has 373 valence electrons. The smallest absolute Gasteiger partial charge is 0 e. The molecule has 0 saturated carbocycles. The summed E-state index contributed by atoms with van der Waals surface area (Å²) >= 11 is -2.18. The van der Waals surface area contributed by atoms with E-state index in [2.05, 4.69) is 204 Å². The fourth-order valence-electron chi connectivity index (χ4n) is 10.2. The summed E-state index contributed by atoms with van der Waals surface area (Å²) in [7, 11) is 0. The first-order valence-electron chi connectivity index (χ1n) is 26.9. The maximum absolute atomic E-state index is 7.56. The zero-order valence-electron chi connectivity index (χ0n) is 46.9. The molecule has 4 heterocycles. The van der Waals surface area contributed by atoms with Crippen molar-refractivity contribution in [3.05, 3.63) is 222 Å². The van der Waals surface area contributed by atoms with Crippen LogP contribution in [-0.2, 0) is 25.5 Å². The summed E-state index contributed by atoms with van der Waals surface area (Å²) in [6, 6.07) is 64.6. The Labute approximate surface area is 458 Å². The van der Waals surface area contributed by atoms with Gasteiger partial charge < -0.3 is 8.98 Å². The Kier molecular flexibility index (Phi) is 13.9. The van der Waals surface area contributed by atoms with Gasteiger partial charge in [0.15, 0.2) is 0 Å². The van der Waals surface area contributed by atoms with Crippen LogP contribution in [0.3, 0.4) is 0 Å². The van der Waals surface area contributed by atoms with Gasteiger partial charge in [0.2, 0.25) is 0 Å². The number of hydrogen-bond donors (Lipinski definition) is 0. The minimum atomic E-state index is -2.18. The molecule has 4 aromatic heterocycles. The average Bonchev–Trinajstić information content (AvgIpc) is 4.07. The quantitative estimate of drug-likeness (QED) is 0.101. The van der Waals surface area contributed by atoms with Gasteiger partial charge in [-0.3, -0.25) is 9.97 Å². The number of fused-ring (bicyclic) bond motifs is 4. The Bertz CT molecular complexity index is 3850. The summed E-state index contributed by atoms with van der Waals surface area (Å²) in [6.45, 7) is 13.6. The van der Waals surface area contributed by atoms with E-state index in [0.717, 1.165) is 78.3 Å². The number of aryl methyl sites for hydroxylation is 2. The van der Waals surface area contributed by atoms with Gasteiger partial charge in [-0.15, -0.1) is 18.2 Å². The van der Waals surface area contributed by atoms with Crippen LogP contribution in [0.15, 0.2) is 180 Å². The van der Waals surface area contributed by atoms with E-state index < -0.39 is 20.1 Å². The number of furan rings is 1. The van der Waals surface area contributed by atoms with Gasteiger partial charge in [-0.2, -0.15) is 0 Å². The van der Waals surface area contributed by atoms with Crippen molar-refractivity contribution in [3.63, 3.8) is 0 Å². The molecule has 7 aromatic carbocycles. The molecule has 1 radical (unpaired) electrons. The Hall–Kier alpha value is -6.70. The maximum Gasteiger partial charge on any atom is 0 e. The molecule has 0 saturated heterocycles. The molecule has 0 fully saturated rings. The molecule has 0 aliphatic rings. The topological polar surface area (TPSA) is 56.7 Å². The van der Waals surface area contributed by atoms with Crippen molar-refractivity contribution >= 4 is 50.6 Å². The summed E-state index contributed by atoms with van der Waals surface area (Å²) in [4.78, 5) is 15.4. The van der Waals surface area contributed by atoms with Crippen LogP contribution in [0.4, 0.5) is 0 Å². The molecule has 0 N–H and O–H groups in total. The van der Waals surface area contributed by atoms with Gasteiger partial charge in [-0.25, -0.2) is 0 Å². The van der Waals surface area contributed by atoms with Gasteiger partial charge in [0.25, 0.3) is 0 Å². The van der Waals surface area contributed by atoms with Gasteiger partial charge >= 0.3 is 165 Å². The van der Waals surface area contributed by atoms with Crippen LogP contribution in [0.25, 0.3) is 83.7 Å². The fourth-order valence-corrected chi connectivity index (χ4v) is 13.7. The van der Waals surface area contributed by atoms with Crippen LogP contribution in [-0.4, -0.2) is 32.8 Å². The number of imidazole rings is 1. The van der Waals surface area contributed by atoms with E-state index in [1.807, 2.05) is 42.6 Å². The third kappa shape index (κ3) is 10.1. The molecular weight excluding hydrogens is 1140 g/mol. The van der Waals surface area contributed by atoms with Crippen LogP contribution in [0.1, 0.15) is 91.0 Å². The fraction of sp³-hybridized carbons (Fsp3) is 0.209. The van der Waals surface area contributed by atoms with Gasteiger partial charge in [0.1, 0.15) is 5.58 Å². The second-order valence-electron chi connectivity index (χ2n) is 21.3. The van der Waals surface area contributed by atoms with Crippen LogP contribution < -0.4 is 4.40 Å².